The van der Waals surface area contributed by atoms with Crippen LogP contribution in [0.4, 0.5) is 0 Å². The van der Waals surface area contributed by atoms with Crippen LogP contribution in [-0.4, -0.2) is 37.2 Å². The van der Waals surface area contributed by atoms with Gasteiger partial charge in [-0.1, -0.05) is 241 Å². The quantitative estimate of drug-likeness (QED) is 0.0346. The molecule has 0 rings (SSSR count). The third-order valence-electron chi connectivity index (χ3n) is 12.0. The first-order chi connectivity index (χ1) is 28.1. The summed E-state index contributed by atoms with van der Waals surface area (Å²) >= 11 is 0. The molecule has 0 N–H and O–H groups in total. The summed E-state index contributed by atoms with van der Waals surface area (Å²) in [5.41, 5.74) is 0. The van der Waals surface area contributed by atoms with E-state index in [1.165, 1.54) is 161 Å². The van der Waals surface area contributed by atoms with E-state index in [2.05, 4.69) is 41.5 Å². The van der Waals surface area contributed by atoms with Crippen molar-refractivity contribution in [2.75, 3.05) is 13.2 Å². The van der Waals surface area contributed by atoms with Crippen LogP contribution in [-0.2, 0) is 28.6 Å². The summed E-state index contributed by atoms with van der Waals surface area (Å²) in [5.74, 6) is 1.60. The molecule has 0 aliphatic carbocycles. The first-order valence-corrected chi connectivity index (χ1v) is 25.6. The Hall–Kier alpha value is -1.59. The number of ether oxygens (including phenoxy) is 3. The Balaban J connectivity index is 4.22. The second-order valence-corrected chi connectivity index (χ2v) is 19.0. The second kappa shape index (κ2) is 43.5. The predicted octanol–water partition coefficient (Wildman–Crippen LogP) is 16.4. The Morgan fingerprint density at radius 1 is 0.345 bits per heavy atom. The fourth-order valence-electron chi connectivity index (χ4n) is 7.73. The number of carbonyl (C=O) groups is 3. The Labute approximate surface area is 361 Å². The molecule has 1 unspecified atom stereocenters. The Morgan fingerprint density at radius 3 is 0.897 bits per heavy atom. The predicted molar refractivity (Wildman–Crippen MR) is 247 cm³/mol. The molecule has 0 aliphatic rings. The van der Waals surface area contributed by atoms with Gasteiger partial charge in [0, 0.05) is 19.3 Å². The lowest BCUT2D eigenvalue weighted by molar-refractivity contribution is -0.167. The van der Waals surface area contributed by atoms with Gasteiger partial charge in [0.15, 0.2) is 6.10 Å². The molecule has 0 bridgehead atoms. The smallest absolute Gasteiger partial charge is 0.306 e. The highest BCUT2D eigenvalue weighted by Gasteiger charge is 2.19. The van der Waals surface area contributed by atoms with Gasteiger partial charge < -0.3 is 14.2 Å². The van der Waals surface area contributed by atoms with Crippen LogP contribution in [0.2, 0.25) is 0 Å². The van der Waals surface area contributed by atoms with E-state index in [9.17, 15) is 14.4 Å². The van der Waals surface area contributed by atoms with Crippen LogP contribution < -0.4 is 0 Å². The largest absolute Gasteiger partial charge is 0.462 e. The number of carbonyl (C=O) groups excluding carboxylic acids is 3. The zero-order valence-electron chi connectivity index (χ0n) is 39.8. The summed E-state index contributed by atoms with van der Waals surface area (Å²) < 4.78 is 16.8. The molecule has 0 heterocycles. The van der Waals surface area contributed by atoms with Gasteiger partial charge in [-0.3, -0.25) is 14.4 Å². The lowest BCUT2D eigenvalue weighted by atomic mass is 9.99. The van der Waals surface area contributed by atoms with Crippen molar-refractivity contribution in [3.63, 3.8) is 0 Å². The molecule has 0 radical (unpaired) electrons. The van der Waals surface area contributed by atoms with Gasteiger partial charge in [-0.15, -0.1) is 0 Å². The van der Waals surface area contributed by atoms with Crippen LogP contribution in [0, 0.1) is 17.8 Å². The molecule has 0 aliphatic heterocycles. The molecule has 6 nitrogen and oxygen atoms in total. The van der Waals surface area contributed by atoms with Gasteiger partial charge in [-0.2, -0.15) is 0 Å². The lowest BCUT2D eigenvalue weighted by Gasteiger charge is -2.18. The maximum atomic E-state index is 12.7. The number of hydrogen-bond donors (Lipinski definition) is 0. The molecule has 0 fully saturated rings. The van der Waals surface area contributed by atoms with Crippen molar-refractivity contribution in [3.8, 4) is 0 Å². The molecule has 0 spiro atoms. The molecule has 0 saturated heterocycles. The van der Waals surface area contributed by atoms with E-state index >= 15 is 0 Å². The summed E-state index contributed by atoms with van der Waals surface area (Å²) in [7, 11) is 0. The third kappa shape index (κ3) is 44.0. The van der Waals surface area contributed by atoms with E-state index in [1.807, 2.05) is 0 Å². The van der Waals surface area contributed by atoms with Crippen molar-refractivity contribution in [1.82, 2.24) is 0 Å². The summed E-state index contributed by atoms with van der Waals surface area (Å²) in [6.45, 7) is 13.7. The molecular formula is C52H100O6. The summed E-state index contributed by atoms with van der Waals surface area (Å²) in [4.78, 5) is 37.8. The van der Waals surface area contributed by atoms with E-state index < -0.39 is 6.10 Å². The molecule has 2 atom stereocenters. The van der Waals surface area contributed by atoms with E-state index in [-0.39, 0.29) is 31.1 Å². The maximum absolute atomic E-state index is 12.7. The van der Waals surface area contributed by atoms with E-state index in [0.29, 0.717) is 19.3 Å². The normalized spacial score (nSPS) is 12.6. The van der Waals surface area contributed by atoms with Gasteiger partial charge in [-0.05, 0) is 37.0 Å². The van der Waals surface area contributed by atoms with Gasteiger partial charge in [-0.25, -0.2) is 0 Å². The minimum Gasteiger partial charge on any atom is -0.462 e. The van der Waals surface area contributed by atoms with Gasteiger partial charge in [0.05, 0.1) is 0 Å². The maximum Gasteiger partial charge on any atom is 0.306 e. The highest BCUT2D eigenvalue weighted by atomic mass is 16.6. The van der Waals surface area contributed by atoms with Crippen molar-refractivity contribution in [3.05, 3.63) is 0 Å². The average Bonchev–Trinajstić information content (AvgIpc) is 3.19. The molecule has 0 saturated carbocycles. The highest BCUT2D eigenvalue weighted by molar-refractivity contribution is 5.71. The van der Waals surface area contributed by atoms with Gasteiger partial charge in [0.2, 0.25) is 0 Å². The molecular weight excluding hydrogens is 721 g/mol. The average molecular weight is 821 g/mol. The molecule has 344 valence electrons. The topological polar surface area (TPSA) is 78.9 Å². The zero-order chi connectivity index (χ0) is 42.7. The van der Waals surface area contributed by atoms with E-state index in [4.69, 9.17) is 14.2 Å². The number of hydrogen-bond acceptors (Lipinski definition) is 6. The minimum atomic E-state index is -0.763. The molecule has 0 aromatic rings. The van der Waals surface area contributed by atoms with Crippen molar-refractivity contribution in [1.29, 1.82) is 0 Å². The standard InChI is InChI=1S/C52H100O6/c1-7-48(6)40-34-28-21-18-19-23-30-36-42-51(54)57-45-49(58-52(55)43-37-31-25-24-27-33-39-47(4)5)44-56-50(53)41-35-29-22-17-15-13-11-9-8-10-12-14-16-20-26-32-38-46(2)3/h46-49H,7-45H2,1-6H3/t48?,49-/m1/s1. The van der Waals surface area contributed by atoms with Gasteiger partial charge >= 0.3 is 17.9 Å². The molecule has 58 heavy (non-hydrogen) atoms. The van der Waals surface area contributed by atoms with Crippen LogP contribution in [0.5, 0.6) is 0 Å². The SMILES string of the molecule is CCC(C)CCCCCCCCCCC(=O)OC[C@@H](COC(=O)CCCCCCCCCCCCCCCCCCC(C)C)OC(=O)CCCCCCCCC(C)C. The highest BCUT2D eigenvalue weighted by Crippen LogP contribution is 2.18. The fraction of sp³-hybridized carbons (Fsp3) is 0.942. The molecule has 0 aromatic heterocycles. The first kappa shape index (κ1) is 56.4. The zero-order valence-corrected chi connectivity index (χ0v) is 39.8. The van der Waals surface area contributed by atoms with Gasteiger partial charge in [0.25, 0.3) is 0 Å². The molecule has 6 heteroatoms. The molecule has 0 amide bonds. The Bertz CT molecular complexity index is 900. The van der Waals surface area contributed by atoms with Crippen LogP contribution >= 0.6 is 0 Å². The number of rotatable bonds is 45. The van der Waals surface area contributed by atoms with Crippen LogP contribution in [0.3, 0.4) is 0 Å². The first-order valence-electron chi connectivity index (χ1n) is 25.6. The second-order valence-electron chi connectivity index (χ2n) is 19.0. The minimum absolute atomic E-state index is 0.0660. The van der Waals surface area contributed by atoms with Crippen LogP contribution in [0.15, 0.2) is 0 Å². The van der Waals surface area contributed by atoms with Gasteiger partial charge in [0.1, 0.15) is 13.2 Å². The summed E-state index contributed by atoms with van der Waals surface area (Å²) in [6.07, 6.45) is 42.5. The Kier molecular flexibility index (Phi) is 42.3. The van der Waals surface area contributed by atoms with Crippen molar-refractivity contribution in [2.24, 2.45) is 17.8 Å². The number of esters is 3. The lowest BCUT2D eigenvalue weighted by Crippen LogP contribution is -2.30. The van der Waals surface area contributed by atoms with Crippen LogP contribution in [0.25, 0.3) is 0 Å². The Morgan fingerprint density at radius 2 is 0.603 bits per heavy atom. The van der Waals surface area contributed by atoms with Crippen molar-refractivity contribution < 1.29 is 28.6 Å². The van der Waals surface area contributed by atoms with Crippen molar-refractivity contribution in [2.45, 2.75) is 285 Å². The molecule has 0 aromatic carbocycles. The fourth-order valence-corrected chi connectivity index (χ4v) is 7.73. The van der Waals surface area contributed by atoms with Crippen molar-refractivity contribution >= 4 is 17.9 Å². The van der Waals surface area contributed by atoms with Crippen LogP contribution in [0.1, 0.15) is 279 Å². The number of unbranched alkanes of at least 4 members (excludes halogenated alkanes) is 27. The monoisotopic (exact) mass is 821 g/mol. The summed E-state index contributed by atoms with van der Waals surface area (Å²) in [5, 5.41) is 0. The summed E-state index contributed by atoms with van der Waals surface area (Å²) in [6, 6.07) is 0. The third-order valence-corrected chi connectivity index (χ3v) is 12.0. The van der Waals surface area contributed by atoms with E-state index in [0.717, 1.165) is 75.5 Å². The van der Waals surface area contributed by atoms with E-state index in [1.54, 1.807) is 0 Å².